The van der Waals surface area contributed by atoms with E-state index in [-0.39, 0.29) is 5.41 Å². The van der Waals surface area contributed by atoms with Crippen LogP contribution in [0.25, 0.3) is 45.0 Å². The van der Waals surface area contributed by atoms with Gasteiger partial charge in [-0.3, -0.25) is 0 Å². The summed E-state index contributed by atoms with van der Waals surface area (Å²) < 4.78 is 0. The third kappa shape index (κ3) is 3.69. The molecule has 0 amide bonds. The fourth-order valence-electron chi connectivity index (χ4n) is 7.09. The highest BCUT2D eigenvalue weighted by Gasteiger charge is 2.50. The van der Waals surface area contributed by atoms with Crippen LogP contribution < -0.4 is 0 Å². The first-order valence-electron chi connectivity index (χ1n) is 14.9. The SMILES string of the molecule is c1ccc(-c2cc(-c3ccccc3)nc(-c3ccc(C45c6ccccc6Sc6cccc(c64)-c4ccccc45)cc3)n2)cc1. The molecular formula is C41H26N2S. The van der Waals surface area contributed by atoms with Gasteiger partial charge < -0.3 is 0 Å². The average molecular weight is 579 g/mol. The van der Waals surface area contributed by atoms with Crippen molar-refractivity contribution < 1.29 is 0 Å². The molecule has 0 fully saturated rings. The quantitative estimate of drug-likeness (QED) is 0.208. The zero-order valence-electron chi connectivity index (χ0n) is 23.8. The normalized spacial score (nSPS) is 15.7. The van der Waals surface area contributed by atoms with Crippen LogP contribution in [0.5, 0.6) is 0 Å². The molecule has 0 spiro atoms. The highest BCUT2D eigenvalue weighted by Crippen LogP contribution is 2.63. The van der Waals surface area contributed by atoms with Crippen molar-refractivity contribution in [1.82, 2.24) is 9.97 Å². The van der Waals surface area contributed by atoms with Crippen LogP contribution >= 0.6 is 11.8 Å². The van der Waals surface area contributed by atoms with Gasteiger partial charge in [0.05, 0.1) is 16.8 Å². The lowest BCUT2D eigenvalue weighted by molar-refractivity contribution is 0.724. The molecule has 1 aliphatic heterocycles. The lowest BCUT2D eigenvalue weighted by atomic mass is 9.67. The summed E-state index contributed by atoms with van der Waals surface area (Å²) in [7, 11) is 0. The molecule has 1 aromatic heterocycles. The van der Waals surface area contributed by atoms with E-state index in [0.717, 1.165) is 33.9 Å². The molecule has 0 N–H and O–H groups in total. The molecule has 0 saturated carbocycles. The molecule has 0 radical (unpaired) electrons. The predicted molar refractivity (Wildman–Crippen MR) is 180 cm³/mol. The van der Waals surface area contributed by atoms with Crippen molar-refractivity contribution in [3.8, 4) is 45.0 Å². The molecule has 44 heavy (non-hydrogen) atoms. The van der Waals surface area contributed by atoms with Gasteiger partial charge in [-0.05, 0) is 51.6 Å². The van der Waals surface area contributed by atoms with Gasteiger partial charge in [0.2, 0.25) is 0 Å². The number of nitrogens with zero attached hydrogens (tertiary/aromatic N) is 2. The molecule has 0 saturated heterocycles. The van der Waals surface area contributed by atoms with E-state index in [2.05, 4.69) is 146 Å². The second kappa shape index (κ2) is 9.90. The molecule has 3 heteroatoms. The first kappa shape index (κ1) is 25.3. The molecule has 6 aromatic carbocycles. The van der Waals surface area contributed by atoms with Crippen LogP contribution in [-0.2, 0) is 5.41 Å². The smallest absolute Gasteiger partial charge is 0.160 e. The molecule has 1 unspecified atom stereocenters. The van der Waals surface area contributed by atoms with Gasteiger partial charge in [-0.15, -0.1) is 0 Å². The summed E-state index contributed by atoms with van der Waals surface area (Å²) in [6.45, 7) is 0. The van der Waals surface area contributed by atoms with Crippen LogP contribution in [0.3, 0.4) is 0 Å². The molecule has 7 aromatic rings. The second-order valence-corrected chi connectivity index (χ2v) is 12.4. The Labute approximate surface area is 261 Å². The van der Waals surface area contributed by atoms with E-state index in [1.807, 2.05) is 23.9 Å². The van der Waals surface area contributed by atoms with Gasteiger partial charge in [0, 0.05) is 26.5 Å². The minimum absolute atomic E-state index is 0.384. The largest absolute Gasteiger partial charge is 0.228 e. The van der Waals surface area contributed by atoms with Gasteiger partial charge in [0.1, 0.15) is 0 Å². The van der Waals surface area contributed by atoms with Gasteiger partial charge in [-0.2, -0.15) is 0 Å². The van der Waals surface area contributed by atoms with Crippen molar-refractivity contribution in [3.05, 3.63) is 180 Å². The highest BCUT2D eigenvalue weighted by molar-refractivity contribution is 7.99. The standard InChI is InChI=1S/C41H26N2S/c1-3-12-27(13-4-1)35-26-36(28-14-5-2-6-15-28)43-40(42-35)29-22-24-30(25-23-29)41-33-18-8-7-16-31(33)32-17-11-21-38(39(32)41)44-37-20-10-9-19-34(37)41/h1-26H. The van der Waals surface area contributed by atoms with Crippen LogP contribution in [0.2, 0.25) is 0 Å². The van der Waals surface area contributed by atoms with Crippen LogP contribution in [0.15, 0.2) is 168 Å². The number of rotatable bonds is 4. The van der Waals surface area contributed by atoms with E-state index in [0.29, 0.717) is 0 Å². The lowest BCUT2D eigenvalue weighted by Crippen LogP contribution is -2.31. The number of fused-ring (bicyclic) bond motifs is 5. The molecule has 0 bridgehead atoms. The highest BCUT2D eigenvalue weighted by atomic mass is 32.2. The first-order valence-corrected chi connectivity index (χ1v) is 15.7. The number of aromatic nitrogens is 2. The Bertz CT molecular complexity index is 2130. The summed E-state index contributed by atoms with van der Waals surface area (Å²) in [6.07, 6.45) is 0. The zero-order valence-corrected chi connectivity index (χ0v) is 24.6. The average Bonchev–Trinajstić information content (AvgIpc) is 3.42. The summed E-state index contributed by atoms with van der Waals surface area (Å²) in [6, 6.07) is 56.4. The Morgan fingerprint density at radius 2 is 1.00 bits per heavy atom. The van der Waals surface area contributed by atoms with Crippen molar-refractivity contribution in [2.75, 3.05) is 0 Å². The second-order valence-electron chi connectivity index (χ2n) is 11.3. The topological polar surface area (TPSA) is 25.8 Å². The van der Waals surface area contributed by atoms with Crippen LogP contribution in [0, 0.1) is 0 Å². The maximum atomic E-state index is 5.08. The lowest BCUT2D eigenvalue weighted by Gasteiger charge is -2.39. The minimum atomic E-state index is -0.384. The summed E-state index contributed by atoms with van der Waals surface area (Å²) in [5, 5.41) is 0. The summed E-state index contributed by atoms with van der Waals surface area (Å²) >= 11 is 1.88. The molecule has 2 nitrogen and oxygen atoms in total. The van der Waals surface area contributed by atoms with Gasteiger partial charge in [-0.25, -0.2) is 9.97 Å². The Balaban J connectivity index is 1.25. The predicted octanol–water partition coefficient (Wildman–Crippen LogP) is 10.3. The van der Waals surface area contributed by atoms with Crippen molar-refractivity contribution >= 4 is 11.8 Å². The maximum Gasteiger partial charge on any atom is 0.160 e. The van der Waals surface area contributed by atoms with E-state index in [1.54, 1.807) is 0 Å². The number of hydrogen-bond donors (Lipinski definition) is 0. The van der Waals surface area contributed by atoms with E-state index in [1.165, 1.54) is 43.2 Å². The third-order valence-corrected chi connectivity index (χ3v) is 10.1. The fraction of sp³-hybridized carbons (Fsp3) is 0.0244. The maximum absolute atomic E-state index is 5.08. The first-order chi connectivity index (χ1) is 21.8. The number of benzene rings is 6. The molecule has 9 rings (SSSR count). The van der Waals surface area contributed by atoms with E-state index in [9.17, 15) is 0 Å². The van der Waals surface area contributed by atoms with Crippen LogP contribution in [0.4, 0.5) is 0 Å². The Hall–Kier alpha value is -5.25. The number of hydrogen-bond acceptors (Lipinski definition) is 3. The summed E-state index contributed by atoms with van der Waals surface area (Å²) in [5.74, 6) is 0.724. The fourth-order valence-corrected chi connectivity index (χ4v) is 8.31. The van der Waals surface area contributed by atoms with E-state index in [4.69, 9.17) is 9.97 Å². The van der Waals surface area contributed by atoms with Crippen molar-refractivity contribution in [2.24, 2.45) is 0 Å². The zero-order chi connectivity index (χ0) is 29.1. The van der Waals surface area contributed by atoms with Gasteiger partial charge in [-0.1, -0.05) is 151 Å². The van der Waals surface area contributed by atoms with Crippen LogP contribution in [0.1, 0.15) is 22.3 Å². The van der Waals surface area contributed by atoms with Gasteiger partial charge in [0.15, 0.2) is 5.82 Å². The molecular weight excluding hydrogens is 553 g/mol. The Morgan fingerprint density at radius 1 is 0.432 bits per heavy atom. The Morgan fingerprint density at radius 3 is 1.70 bits per heavy atom. The minimum Gasteiger partial charge on any atom is -0.228 e. The monoisotopic (exact) mass is 578 g/mol. The van der Waals surface area contributed by atoms with E-state index < -0.39 is 0 Å². The van der Waals surface area contributed by atoms with Crippen LogP contribution in [-0.4, -0.2) is 9.97 Å². The molecule has 2 heterocycles. The Kier molecular flexibility index (Phi) is 5.69. The van der Waals surface area contributed by atoms with E-state index >= 15 is 0 Å². The van der Waals surface area contributed by atoms with Gasteiger partial charge in [0.25, 0.3) is 0 Å². The molecule has 206 valence electrons. The van der Waals surface area contributed by atoms with Crippen molar-refractivity contribution in [2.45, 2.75) is 15.2 Å². The van der Waals surface area contributed by atoms with Crippen molar-refractivity contribution in [3.63, 3.8) is 0 Å². The van der Waals surface area contributed by atoms with Gasteiger partial charge >= 0.3 is 0 Å². The summed E-state index contributed by atoms with van der Waals surface area (Å²) in [4.78, 5) is 12.8. The third-order valence-electron chi connectivity index (χ3n) is 8.97. The summed E-state index contributed by atoms with van der Waals surface area (Å²) in [5.41, 5.74) is 12.6. The van der Waals surface area contributed by atoms with Crippen molar-refractivity contribution in [1.29, 1.82) is 0 Å². The molecule has 1 atom stereocenters. The molecule has 1 aliphatic carbocycles. The molecule has 2 aliphatic rings.